The van der Waals surface area contributed by atoms with Crippen LogP contribution in [-0.4, -0.2) is 19.1 Å². The molecule has 0 aliphatic rings. The molecule has 1 aromatic rings. The third kappa shape index (κ3) is 3.85. The first-order valence-electron chi connectivity index (χ1n) is 5.65. The minimum atomic E-state index is -0.361. The minimum absolute atomic E-state index is 0.0623. The monoisotopic (exact) mass is 309 g/mol. The molecule has 0 saturated carbocycles. The number of thiophene rings is 1. The highest BCUT2D eigenvalue weighted by molar-refractivity contribution is 7.20. The van der Waals surface area contributed by atoms with Crippen molar-refractivity contribution in [3.05, 3.63) is 20.3 Å². The van der Waals surface area contributed by atoms with Gasteiger partial charge in [-0.15, -0.1) is 11.3 Å². The Morgan fingerprint density at radius 1 is 1.39 bits per heavy atom. The summed E-state index contributed by atoms with van der Waals surface area (Å²) in [6.45, 7) is 5.87. The Labute approximate surface area is 121 Å². The Kier molecular flexibility index (Phi) is 5.92. The maximum atomic E-state index is 11.7. The van der Waals surface area contributed by atoms with E-state index in [1.165, 1.54) is 18.4 Å². The molecule has 1 heterocycles. The van der Waals surface area contributed by atoms with E-state index in [2.05, 4.69) is 5.32 Å². The first-order chi connectivity index (χ1) is 8.36. The normalized spacial score (nSPS) is 14.6. The molecule has 102 valence electrons. The van der Waals surface area contributed by atoms with Gasteiger partial charge in [-0.2, -0.15) is 0 Å². The van der Waals surface area contributed by atoms with Gasteiger partial charge in [0.2, 0.25) is 0 Å². The summed E-state index contributed by atoms with van der Waals surface area (Å²) >= 11 is 13.3. The van der Waals surface area contributed by atoms with E-state index in [0.717, 1.165) is 5.56 Å². The summed E-state index contributed by atoms with van der Waals surface area (Å²) in [6.07, 6.45) is 0. The zero-order chi connectivity index (χ0) is 13.9. The molecule has 3 nitrogen and oxygen atoms in total. The van der Waals surface area contributed by atoms with E-state index in [0.29, 0.717) is 8.67 Å². The fraction of sp³-hybridized carbons (Fsp3) is 0.583. The van der Waals surface area contributed by atoms with Crippen molar-refractivity contribution in [2.75, 3.05) is 7.11 Å². The van der Waals surface area contributed by atoms with Crippen molar-refractivity contribution in [2.45, 2.75) is 32.9 Å². The predicted octanol–water partition coefficient (Wildman–Crippen LogP) is 3.90. The molecule has 0 amide bonds. The topological polar surface area (TPSA) is 38.3 Å². The van der Waals surface area contributed by atoms with Crippen molar-refractivity contribution < 1.29 is 9.53 Å². The number of hydrogen-bond donors (Lipinski definition) is 1. The second-order valence-electron chi connectivity index (χ2n) is 4.41. The van der Waals surface area contributed by atoms with Crippen LogP contribution in [0, 0.1) is 5.92 Å². The quantitative estimate of drug-likeness (QED) is 0.838. The van der Waals surface area contributed by atoms with Gasteiger partial charge in [-0.05, 0) is 24.5 Å². The number of rotatable bonds is 5. The SMILES string of the molecule is COC(=O)[C@@H](NC(C)c1cc(Cl)sc1Cl)C(C)C. The number of hydrogen-bond acceptors (Lipinski definition) is 4. The molecule has 0 aliphatic carbocycles. The lowest BCUT2D eigenvalue weighted by atomic mass is 10.0. The average Bonchev–Trinajstić information content (AvgIpc) is 2.63. The Balaban J connectivity index is 2.81. The highest BCUT2D eigenvalue weighted by atomic mass is 35.5. The standard InChI is InChI=1S/C12H17Cl2NO2S/c1-6(2)10(12(16)17-4)15-7(3)8-5-9(13)18-11(8)14/h5-7,10,15H,1-4H3/t7?,10-/m0/s1. The molecule has 1 rings (SSSR count). The van der Waals surface area contributed by atoms with Crippen LogP contribution in [0.2, 0.25) is 8.67 Å². The van der Waals surface area contributed by atoms with Gasteiger partial charge < -0.3 is 4.74 Å². The third-order valence-electron chi connectivity index (χ3n) is 2.70. The fourth-order valence-corrected chi connectivity index (χ4v) is 3.31. The van der Waals surface area contributed by atoms with Gasteiger partial charge in [0, 0.05) is 6.04 Å². The number of carbonyl (C=O) groups is 1. The maximum absolute atomic E-state index is 11.7. The molecule has 2 atom stereocenters. The summed E-state index contributed by atoms with van der Waals surface area (Å²) in [5.74, 6) is -0.137. The molecule has 1 aromatic heterocycles. The highest BCUT2D eigenvalue weighted by Gasteiger charge is 2.26. The molecule has 0 aromatic carbocycles. The van der Waals surface area contributed by atoms with Gasteiger partial charge in [0.25, 0.3) is 0 Å². The summed E-state index contributed by atoms with van der Waals surface area (Å²) < 4.78 is 6.08. The van der Waals surface area contributed by atoms with E-state index in [1.807, 2.05) is 26.8 Å². The molecule has 0 aliphatic heterocycles. The highest BCUT2D eigenvalue weighted by Crippen LogP contribution is 2.35. The molecule has 1 unspecified atom stereocenters. The Morgan fingerprint density at radius 3 is 2.39 bits per heavy atom. The second-order valence-corrected chi connectivity index (χ2v) is 6.70. The van der Waals surface area contributed by atoms with E-state index in [-0.39, 0.29) is 24.0 Å². The van der Waals surface area contributed by atoms with Gasteiger partial charge in [0.15, 0.2) is 0 Å². The molecular weight excluding hydrogens is 293 g/mol. The van der Waals surface area contributed by atoms with E-state index in [4.69, 9.17) is 27.9 Å². The van der Waals surface area contributed by atoms with Gasteiger partial charge in [0.1, 0.15) is 6.04 Å². The average molecular weight is 310 g/mol. The number of halogens is 2. The van der Waals surface area contributed by atoms with Crippen LogP contribution in [0.15, 0.2) is 6.07 Å². The summed E-state index contributed by atoms with van der Waals surface area (Å²) in [5.41, 5.74) is 0.904. The number of nitrogens with one attached hydrogen (secondary N) is 1. The van der Waals surface area contributed by atoms with Crippen LogP contribution in [0.25, 0.3) is 0 Å². The molecule has 18 heavy (non-hydrogen) atoms. The van der Waals surface area contributed by atoms with Crippen molar-refractivity contribution in [3.8, 4) is 0 Å². The fourth-order valence-electron chi connectivity index (χ4n) is 1.67. The molecule has 0 radical (unpaired) electrons. The smallest absolute Gasteiger partial charge is 0.323 e. The molecule has 1 N–H and O–H groups in total. The van der Waals surface area contributed by atoms with Gasteiger partial charge in [-0.1, -0.05) is 37.0 Å². The summed E-state index contributed by atoms with van der Waals surface area (Å²) in [6, 6.07) is 1.40. The number of esters is 1. The van der Waals surface area contributed by atoms with Crippen LogP contribution >= 0.6 is 34.5 Å². The molecule has 0 bridgehead atoms. The van der Waals surface area contributed by atoms with E-state index < -0.39 is 0 Å². The van der Waals surface area contributed by atoms with Gasteiger partial charge in [-0.25, -0.2) is 0 Å². The number of methoxy groups -OCH3 is 1. The molecule has 0 fully saturated rings. The van der Waals surface area contributed by atoms with Crippen molar-refractivity contribution >= 4 is 40.5 Å². The Bertz CT molecular complexity index is 420. The van der Waals surface area contributed by atoms with E-state index in [9.17, 15) is 4.79 Å². The minimum Gasteiger partial charge on any atom is -0.468 e. The van der Waals surface area contributed by atoms with Crippen LogP contribution in [0.4, 0.5) is 0 Å². The van der Waals surface area contributed by atoms with E-state index >= 15 is 0 Å². The number of carbonyl (C=O) groups excluding carboxylic acids is 1. The van der Waals surface area contributed by atoms with Gasteiger partial charge in [0.05, 0.1) is 15.8 Å². The lowest BCUT2D eigenvalue weighted by molar-refractivity contribution is -0.144. The van der Waals surface area contributed by atoms with Crippen LogP contribution in [-0.2, 0) is 9.53 Å². The van der Waals surface area contributed by atoms with Crippen LogP contribution in [0.5, 0.6) is 0 Å². The maximum Gasteiger partial charge on any atom is 0.323 e. The zero-order valence-corrected chi connectivity index (χ0v) is 13.1. The summed E-state index contributed by atoms with van der Waals surface area (Å²) in [4.78, 5) is 11.7. The predicted molar refractivity (Wildman–Crippen MR) is 76.5 cm³/mol. The third-order valence-corrected chi connectivity index (χ3v) is 4.22. The molecule has 6 heteroatoms. The molecular formula is C12H17Cl2NO2S. The Hall–Kier alpha value is -0.290. The van der Waals surface area contributed by atoms with Crippen LogP contribution < -0.4 is 5.32 Å². The van der Waals surface area contributed by atoms with Crippen molar-refractivity contribution in [1.82, 2.24) is 5.32 Å². The van der Waals surface area contributed by atoms with E-state index in [1.54, 1.807) is 0 Å². The van der Waals surface area contributed by atoms with Crippen LogP contribution in [0.3, 0.4) is 0 Å². The number of ether oxygens (including phenoxy) is 1. The zero-order valence-electron chi connectivity index (χ0n) is 10.8. The summed E-state index contributed by atoms with van der Waals surface area (Å²) in [5, 5.41) is 3.23. The lowest BCUT2D eigenvalue weighted by Gasteiger charge is -2.24. The Morgan fingerprint density at radius 2 is 2.00 bits per heavy atom. The van der Waals surface area contributed by atoms with Crippen molar-refractivity contribution in [1.29, 1.82) is 0 Å². The van der Waals surface area contributed by atoms with Crippen molar-refractivity contribution in [3.63, 3.8) is 0 Å². The van der Waals surface area contributed by atoms with Crippen LogP contribution in [0.1, 0.15) is 32.4 Å². The van der Waals surface area contributed by atoms with Gasteiger partial charge in [-0.3, -0.25) is 10.1 Å². The first-order valence-corrected chi connectivity index (χ1v) is 7.22. The first kappa shape index (κ1) is 15.8. The molecule has 0 spiro atoms. The molecule has 0 saturated heterocycles. The van der Waals surface area contributed by atoms with Crippen molar-refractivity contribution in [2.24, 2.45) is 5.92 Å². The summed E-state index contributed by atoms with van der Waals surface area (Å²) in [7, 11) is 1.39. The second kappa shape index (κ2) is 6.75. The largest absolute Gasteiger partial charge is 0.468 e. The lowest BCUT2D eigenvalue weighted by Crippen LogP contribution is -2.42. The van der Waals surface area contributed by atoms with Gasteiger partial charge >= 0.3 is 5.97 Å².